The molecule has 0 bridgehead atoms. The number of likely N-dealkylation sites (N-methyl/N-ethyl adjacent to an activating group) is 1. The third kappa shape index (κ3) is 4.94. The van der Waals surface area contributed by atoms with Crippen LogP contribution in [-0.2, 0) is 11.3 Å². The van der Waals surface area contributed by atoms with Gasteiger partial charge in [-0.25, -0.2) is 4.98 Å². The number of halogens is 1. The van der Waals surface area contributed by atoms with Crippen LogP contribution in [-0.4, -0.2) is 39.5 Å². The van der Waals surface area contributed by atoms with Crippen molar-refractivity contribution in [3.05, 3.63) is 45.7 Å². The van der Waals surface area contributed by atoms with E-state index in [9.17, 15) is 4.79 Å². The van der Waals surface area contributed by atoms with Crippen molar-refractivity contribution >= 4 is 39.0 Å². The number of carbonyl (C=O) groups is 1. The number of carbonyl (C=O) groups excluding carboxylic acids is 1. The fourth-order valence-electron chi connectivity index (χ4n) is 2.18. The van der Waals surface area contributed by atoms with E-state index in [1.165, 1.54) is 11.3 Å². The first kappa shape index (κ1) is 17.7. The van der Waals surface area contributed by atoms with Crippen molar-refractivity contribution in [1.29, 1.82) is 0 Å². The van der Waals surface area contributed by atoms with Gasteiger partial charge in [0.2, 0.25) is 17.6 Å². The molecule has 0 saturated carbocycles. The van der Waals surface area contributed by atoms with Crippen molar-refractivity contribution < 1.29 is 9.32 Å². The van der Waals surface area contributed by atoms with Crippen LogP contribution in [0.2, 0.25) is 0 Å². The van der Waals surface area contributed by atoms with Gasteiger partial charge >= 0.3 is 0 Å². The Morgan fingerprint density at radius 1 is 1.40 bits per heavy atom. The molecule has 0 fully saturated rings. The molecule has 0 aromatic carbocycles. The van der Waals surface area contributed by atoms with Crippen molar-refractivity contribution in [1.82, 2.24) is 20.0 Å². The second-order valence-electron chi connectivity index (χ2n) is 5.53. The Kier molecular flexibility index (Phi) is 5.57. The third-order valence-corrected chi connectivity index (χ3v) is 4.92. The minimum atomic E-state index is -0.150. The normalized spacial score (nSPS) is 11.0. The van der Waals surface area contributed by atoms with E-state index in [0.29, 0.717) is 24.1 Å². The summed E-state index contributed by atoms with van der Waals surface area (Å²) in [6.45, 7) is 2.45. The van der Waals surface area contributed by atoms with E-state index < -0.39 is 0 Å². The van der Waals surface area contributed by atoms with E-state index in [2.05, 4.69) is 36.4 Å². The molecule has 0 spiro atoms. The summed E-state index contributed by atoms with van der Waals surface area (Å²) in [5, 5.41) is 8.71. The number of nitrogens with zero attached hydrogens (tertiary/aromatic N) is 4. The van der Waals surface area contributed by atoms with Gasteiger partial charge in [0.15, 0.2) is 0 Å². The van der Waals surface area contributed by atoms with Crippen LogP contribution in [0.4, 0.5) is 5.82 Å². The van der Waals surface area contributed by atoms with Crippen LogP contribution in [0.15, 0.2) is 38.6 Å². The summed E-state index contributed by atoms with van der Waals surface area (Å²) in [6.07, 6.45) is 0. The minimum Gasteiger partial charge on any atom is -0.338 e. The quantitative estimate of drug-likeness (QED) is 0.656. The fraction of sp³-hybridized carbons (Fsp3) is 0.250. The molecule has 3 rings (SSSR count). The molecule has 3 heterocycles. The van der Waals surface area contributed by atoms with Crippen LogP contribution < -0.4 is 5.32 Å². The Bertz CT molecular complexity index is 879. The number of aryl methyl sites for hydroxylation is 1. The van der Waals surface area contributed by atoms with Crippen LogP contribution in [0.3, 0.4) is 0 Å². The molecule has 130 valence electrons. The summed E-state index contributed by atoms with van der Waals surface area (Å²) in [5.74, 6) is 1.40. The topological polar surface area (TPSA) is 84.2 Å². The van der Waals surface area contributed by atoms with E-state index >= 15 is 0 Å². The SMILES string of the molecule is Cc1cccc(NC(=O)CN(C)Cc2nc(-c3cc(Br)cs3)no2)n1. The van der Waals surface area contributed by atoms with Crippen molar-refractivity contribution in [3.63, 3.8) is 0 Å². The highest BCUT2D eigenvalue weighted by Gasteiger charge is 2.14. The lowest BCUT2D eigenvalue weighted by Crippen LogP contribution is -2.30. The van der Waals surface area contributed by atoms with Crippen molar-refractivity contribution in [2.24, 2.45) is 0 Å². The zero-order valence-corrected chi connectivity index (χ0v) is 16.1. The number of hydrogen-bond acceptors (Lipinski definition) is 7. The maximum Gasteiger partial charge on any atom is 0.241 e. The number of rotatable bonds is 6. The lowest BCUT2D eigenvalue weighted by atomic mass is 10.3. The Hall–Kier alpha value is -2.10. The molecule has 0 atom stereocenters. The molecule has 0 radical (unpaired) electrons. The van der Waals surface area contributed by atoms with Crippen molar-refractivity contribution in [2.75, 3.05) is 18.9 Å². The maximum absolute atomic E-state index is 12.1. The Balaban J connectivity index is 1.54. The van der Waals surface area contributed by atoms with Crippen LogP contribution in [0, 0.1) is 6.92 Å². The van der Waals surface area contributed by atoms with E-state index in [-0.39, 0.29) is 12.5 Å². The summed E-state index contributed by atoms with van der Waals surface area (Å²) < 4.78 is 6.24. The predicted octanol–water partition coefficient (Wildman–Crippen LogP) is 3.33. The molecule has 0 aliphatic heterocycles. The van der Waals surface area contributed by atoms with Gasteiger partial charge in [0.1, 0.15) is 5.82 Å². The summed E-state index contributed by atoms with van der Waals surface area (Å²) in [7, 11) is 1.81. The van der Waals surface area contributed by atoms with Gasteiger partial charge in [-0.15, -0.1) is 11.3 Å². The van der Waals surface area contributed by atoms with Gasteiger partial charge in [-0.1, -0.05) is 11.2 Å². The van der Waals surface area contributed by atoms with E-state index in [0.717, 1.165) is 15.0 Å². The second-order valence-corrected chi connectivity index (χ2v) is 7.35. The molecule has 3 aromatic heterocycles. The van der Waals surface area contributed by atoms with Gasteiger partial charge < -0.3 is 9.84 Å². The highest BCUT2D eigenvalue weighted by atomic mass is 79.9. The fourth-order valence-corrected chi connectivity index (χ4v) is 3.53. The molecule has 0 aliphatic rings. The van der Waals surface area contributed by atoms with Crippen LogP contribution >= 0.6 is 27.3 Å². The number of aromatic nitrogens is 3. The minimum absolute atomic E-state index is 0.150. The number of pyridine rings is 1. The Morgan fingerprint density at radius 2 is 2.24 bits per heavy atom. The monoisotopic (exact) mass is 421 g/mol. The first-order chi connectivity index (χ1) is 12.0. The highest BCUT2D eigenvalue weighted by molar-refractivity contribution is 9.10. The zero-order chi connectivity index (χ0) is 17.8. The molecule has 0 saturated heterocycles. The summed E-state index contributed by atoms with van der Waals surface area (Å²) in [6, 6.07) is 7.42. The van der Waals surface area contributed by atoms with Gasteiger partial charge in [-0.05, 0) is 48.1 Å². The third-order valence-electron chi connectivity index (χ3n) is 3.23. The molecule has 1 amide bonds. The molecular weight excluding hydrogens is 406 g/mol. The van der Waals surface area contributed by atoms with Gasteiger partial charge in [-0.2, -0.15) is 4.98 Å². The van der Waals surface area contributed by atoms with E-state index in [4.69, 9.17) is 4.52 Å². The number of hydrogen-bond donors (Lipinski definition) is 1. The molecule has 1 N–H and O–H groups in total. The standard InChI is InChI=1S/C16H16BrN5O2S/c1-10-4-3-5-13(18-10)19-14(23)7-22(2)8-15-20-16(21-24-15)12-6-11(17)9-25-12/h3-6,9H,7-8H2,1-2H3,(H,18,19,23). The number of anilines is 1. The molecule has 7 nitrogen and oxygen atoms in total. The predicted molar refractivity (Wildman–Crippen MR) is 99.2 cm³/mol. The first-order valence-corrected chi connectivity index (χ1v) is 9.16. The average Bonchev–Trinajstić information content (AvgIpc) is 3.16. The lowest BCUT2D eigenvalue weighted by Gasteiger charge is -2.13. The first-order valence-electron chi connectivity index (χ1n) is 7.48. The Labute approximate surface area is 157 Å². The van der Waals surface area contributed by atoms with Gasteiger partial charge in [0, 0.05) is 15.5 Å². The average molecular weight is 422 g/mol. The molecule has 0 unspecified atom stereocenters. The lowest BCUT2D eigenvalue weighted by molar-refractivity contribution is -0.117. The largest absolute Gasteiger partial charge is 0.338 e. The molecule has 9 heteroatoms. The van der Waals surface area contributed by atoms with Crippen LogP contribution in [0.5, 0.6) is 0 Å². The summed E-state index contributed by atoms with van der Waals surface area (Å²) in [4.78, 5) is 23.4. The number of nitrogens with one attached hydrogen (secondary N) is 1. The molecule has 3 aromatic rings. The van der Waals surface area contributed by atoms with Crippen LogP contribution in [0.25, 0.3) is 10.7 Å². The maximum atomic E-state index is 12.1. The van der Waals surface area contributed by atoms with E-state index in [1.54, 1.807) is 11.0 Å². The zero-order valence-electron chi connectivity index (χ0n) is 13.7. The Morgan fingerprint density at radius 3 is 2.96 bits per heavy atom. The van der Waals surface area contributed by atoms with Crippen molar-refractivity contribution in [3.8, 4) is 10.7 Å². The smallest absolute Gasteiger partial charge is 0.241 e. The van der Waals surface area contributed by atoms with E-state index in [1.807, 2.05) is 37.6 Å². The highest BCUT2D eigenvalue weighted by Crippen LogP contribution is 2.27. The number of thiophene rings is 1. The summed E-state index contributed by atoms with van der Waals surface area (Å²) >= 11 is 4.93. The second kappa shape index (κ2) is 7.85. The number of amides is 1. The molecule has 25 heavy (non-hydrogen) atoms. The van der Waals surface area contributed by atoms with Gasteiger partial charge in [0.05, 0.1) is 18.0 Å². The molecule has 0 aliphatic carbocycles. The summed E-state index contributed by atoms with van der Waals surface area (Å²) in [5.41, 5.74) is 0.852. The van der Waals surface area contributed by atoms with Crippen molar-refractivity contribution in [2.45, 2.75) is 13.5 Å². The van der Waals surface area contributed by atoms with Gasteiger partial charge in [0.25, 0.3) is 0 Å². The van der Waals surface area contributed by atoms with Gasteiger partial charge in [-0.3, -0.25) is 9.69 Å². The molecular formula is C16H16BrN5O2S. The van der Waals surface area contributed by atoms with Crippen LogP contribution in [0.1, 0.15) is 11.6 Å².